The van der Waals surface area contributed by atoms with Gasteiger partial charge in [0.15, 0.2) is 0 Å². The van der Waals surface area contributed by atoms with Gasteiger partial charge in [-0.05, 0) is 87.7 Å². The molecule has 47 heavy (non-hydrogen) atoms. The van der Waals surface area contributed by atoms with Crippen LogP contribution in [0.25, 0.3) is 22.2 Å². The number of hydrogen-bond acceptors (Lipinski definition) is 8. The van der Waals surface area contributed by atoms with Gasteiger partial charge < -0.3 is 15.1 Å². The van der Waals surface area contributed by atoms with Gasteiger partial charge >= 0.3 is 0 Å². The van der Waals surface area contributed by atoms with Crippen LogP contribution < -0.4 is 10.9 Å². The van der Waals surface area contributed by atoms with Gasteiger partial charge in [-0.25, -0.2) is 15.0 Å². The fourth-order valence-corrected chi connectivity index (χ4v) is 7.44. The predicted molar refractivity (Wildman–Crippen MR) is 180 cm³/mol. The number of benzene rings is 1. The highest BCUT2D eigenvalue weighted by molar-refractivity contribution is 5.84. The number of piperidine rings is 1. The van der Waals surface area contributed by atoms with E-state index in [1.54, 1.807) is 17.2 Å². The van der Waals surface area contributed by atoms with Gasteiger partial charge in [-0.1, -0.05) is 31.9 Å². The first kappa shape index (κ1) is 31.4. The number of nitrogens with one attached hydrogen (secondary N) is 1. The number of halogens is 1. The summed E-state index contributed by atoms with van der Waals surface area (Å²) < 4.78 is 17.0. The summed E-state index contributed by atoms with van der Waals surface area (Å²) in [6.07, 6.45) is 11.3. The van der Waals surface area contributed by atoms with Gasteiger partial charge in [-0.15, -0.1) is 0 Å². The predicted octanol–water partition coefficient (Wildman–Crippen LogP) is 5.86. The van der Waals surface area contributed by atoms with Crippen molar-refractivity contribution in [2.75, 3.05) is 38.5 Å². The molecule has 0 bridgehead atoms. The molecule has 0 radical (unpaired) electrons. The first-order valence-corrected chi connectivity index (χ1v) is 17.1. The van der Waals surface area contributed by atoms with E-state index < -0.39 is 11.5 Å². The molecule has 11 heteroatoms. The van der Waals surface area contributed by atoms with Crippen LogP contribution >= 0.6 is 0 Å². The van der Waals surface area contributed by atoms with Gasteiger partial charge in [0.2, 0.25) is 17.8 Å². The van der Waals surface area contributed by atoms with E-state index >= 15 is 4.39 Å². The first-order valence-electron chi connectivity index (χ1n) is 17.1. The Morgan fingerprint density at radius 1 is 0.915 bits per heavy atom. The molecule has 1 saturated carbocycles. The molecule has 5 heterocycles. The molecule has 2 saturated heterocycles. The van der Waals surface area contributed by atoms with Crippen LogP contribution in [0.2, 0.25) is 0 Å². The van der Waals surface area contributed by atoms with E-state index in [1.165, 1.54) is 29.2 Å². The molecule has 1 atom stereocenters. The SMILES string of the molecule is CC1CCC(c2ncc(-c3cc4cnc(Nc5ccc(C6CCCN(C)C6)cc5)nc4n(CC(=O)N4CCCC4)c3=O)c(F)n2)CC1. The van der Waals surface area contributed by atoms with Crippen LogP contribution in [0.4, 0.5) is 16.0 Å². The number of carbonyl (C=O) groups excluding carboxylic acids is 1. The summed E-state index contributed by atoms with van der Waals surface area (Å²) >= 11 is 0. The molecule has 2 aliphatic heterocycles. The van der Waals surface area contributed by atoms with Crippen LogP contribution in [0.15, 0.2) is 47.5 Å². The van der Waals surface area contributed by atoms with E-state index in [1.807, 2.05) is 12.1 Å². The third-order valence-electron chi connectivity index (χ3n) is 10.3. The number of rotatable bonds is 7. The minimum Gasteiger partial charge on any atom is -0.341 e. The van der Waals surface area contributed by atoms with Gasteiger partial charge in [0.25, 0.3) is 5.56 Å². The van der Waals surface area contributed by atoms with Gasteiger partial charge in [0.05, 0.1) is 11.1 Å². The van der Waals surface area contributed by atoms with Crippen molar-refractivity contribution in [1.82, 2.24) is 34.3 Å². The zero-order valence-electron chi connectivity index (χ0n) is 27.3. The molecule has 1 aromatic carbocycles. The Morgan fingerprint density at radius 3 is 2.40 bits per heavy atom. The molecule has 1 N–H and O–H groups in total. The minimum atomic E-state index is -0.731. The number of likely N-dealkylation sites (N-methyl/N-ethyl adjacent to an activating group) is 1. The zero-order chi connectivity index (χ0) is 32.5. The summed E-state index contributed by atoms with van der Waals surface area (Å²) in [5.74, 6) is 1.18. The van der Waals surface area contributed by atoms with Gasteiger partial charge in [-0.3, -0.25) is 14.2 Å². The summed E-state index contributed by atoms with van der Waals surface area (Å²) in [6.45, 7) is 5.53. The standard InChI is InChI=1S/C36H43FN8O2/c1-23-7-9-25(10-8-23)33-38-20-30(32(37)41-33)29-18-27-19-39-36(40-28-13-11-24(12-14-28)26-6-5-15-43(2)21-26)42-34(27)45(35(29)47)22-31(46)44-16-3-4-17-44/h11-14,18-20,23,25-26H,3-10,15-17,21-22H2,1-2H3,(H,39,40,42). The lowest BCUT2D eigenvalue weighted by molar-refractivity contribution is -0.130. The fraction of sp³-hybridized carbons (Fsp3) is 0.500. The Balaban J connectivity index is 1.21. The average molecular weight is 639 g/mol. The molecule has 3 aliphatic rings. The Labute approximate surface area is 274 Å². The van der Waals surface area contributed by atoms with Crippen LogP contribution in [0.3, 0.4) is 0 Å². The number of likely N-dealkylation sites (tertiary alicyclic amines) is 2. The lowest BCUT2D eigenvalue weighted by Gasteiger charge is -2.30. The Kier molecular flexibility index (Phi) is 8.98. The Morgan fingerprint density at radius 2 is 1.68 bits per heavy atom. The van der Waals surface area contributed by atoms with Crippen molar-refractivity contribution < 1.29 is 9.18 Å². The van der Waals surface area contributed by atoms with Gasteiger partial charge in [0.1, 0.15) is 18.0 Å². The second-order valence-electron chi connectivity index (χ2n) is 13.7. The van der Waals surface area contributed by atoms with E-state index in [0.29, 0.717) is 47.7 Å². The number of anilines is 2. The maximum Gasteiger partial charge on any atom is 0.260 e. The van der Waals surface area contributed by atoms with Crippen LogP contribution in [0, 0.1) is 11.9 Å². The van der Waals surface area contributed by atoms with Crippen LogP contribution in [-0.4, -0.2) is 73.4 Å². The summed E-state index contributed by atoms with van der Waals surface area (Å²) in [7, 11) is 2.17. The highest BCUT2D eigenvalue weighted by Gasteiger charge is 2.26. The fourth-order valence-electron chi connectivity index (χ4n) is 7.44. The highest BCUT2D eigenvalue weighted by Crippen LogP contribution is 2.35. The maximum atomic E-state index is 15.6. The van der Waals surface area contributed by atoms with Crippen molar-refractivity contribution in [3.63, 3.8) is 0 Å². The molecule has 3 aromatic heterocycles. The van der Waals surface area contributed by atoms with Gasteiger partial charge in [0, 0.05) is 49.0 Å². The third-order valence-corrected chi connectivity index (χ3v) is 10.3. The van der Waals surface area contributed by atoms with E-state index in [4.69, 9.17) is 4.98 Å². The smallest absolute Gasteiger partial charge is 0.260 e. The molecular formula is C36H43FN8O2. The van der Waals surface area contributed by atoms with Crippen LogP contribution in [0.5, 0.6) is 0 Å². The van der Waals surface area contributed by atoms with Crippen molar-refractivity contribution in [3.05, 3.63) is 70.4 Å². The molecule has 7 rings (SSSR count). The molecule has 246 valence electrons. The van der Waals surface area contributed by atoms with E-state index in [-0.39, 0.29) is 29.5 Å². The molecule has 1 unspecified atom stereocenters. The molecule has 4 aromatic rings. The normalized spacial score (nSPS) is 22.1. The molecule has 1 amide bonds. The van der Waals surface area contributed by atoms with Crippen molar-refractivity contribution in [3.8, 4) is 11.1 Å². The van der Waals surface area contributed by atoms with Crippen LogP contribution in [-0.2, 0) is 11.3 Å². The minimum absolute atomic E-state index is 0.0126. The van der Waals surface area contributed by atoms with Crippen LogP contribution in [0.1, 0.15) is 81.5 Å². The third kappa shape index (κ3) is 6.76. The van der Waals surface area contributed by atoms with E-state index in [2.05, 4.69) is 51.3 Å². The van der Waals surface area contributed by atoms with Crippen molar-refractivity contribution in [2.45, 2.75) is 76.7 Å². The molecule has 10 nitrogen and oxygen atoms in total. The summed E-state index contributed by atoms with van der Waals surface area (Å²) in [5, 5.41) is 3.78. The van der Waals surface area contributed by atoms with Gasteiger partial charge in [-0.2, -0.15) is 9.37 Å². The molecule has 0 spiro atoms. The van der Waals surface area contributed by atoms with Crippen molar-refractivity contribution in [2.24, 2.45) is 5.92 Å². The zero-order valence-corrected chi connectivity index (χ0v) is 27.3. The number of fused-ring (bicyclic) bond motifs is 1. The van der Waals surface area contributed by atoms with Crippen molar-refractivity contribution >= 4 is 28.6 Å². The maximum absolute atomic E-state index is 15.6. The topological polar surface area (TPSA) is 109 Å². The number of nitrogens with zero attached hydrogens (tertiary/aromatic N) is 7. The van der Waals surface area contributed by atoms with E-state index in [0.717, 1.165) is 57.3 Å². The number of pyridine rings is 1. The van der Waals surface area contributed by atoms with Crippen molar-refractivity contribution in [1.29, 1.82) is 0 Å². The Hall–Kier alpha value is -4.25. The number of hydrogen-bond donors (Lipinski definition) is 1. The molecule has 3 fully saturated rings. The number of aromatic nitrogens is 5. The number of amides is 1. The quantitative estimate of drug-likeness (QED) is 0.251. The average Bonchev–Trinajstić information content (AvgIpc) is 3.63. The van der Waals surface area contributed by atoms with E-state index in [9.17, 15) is 9.59 Å². The second kappa shape index (κ2) is 13.5. The molecular weight excluding hydrogens is 595 g/mol. The highest BCUT2D eigenvalue weighted by atomic mass is 19.1. The summed E-state index contributed by atoms with van der Waals surface area (Å²) in [5.41, 5.74) is 2.02. The Bertz CT molecular complexity index is 1810. The first-order chi connectivity index (χ1) is 22.8. The molecule has 1 aliphatic carbocycles. The monoisotopic (exact) mass is 638 g/mol. The summed E-state index contributed by atoms with van der Waals surface area (Å²) in [6, 6.07) is 9.90. The number of carbonyl (C=O) groups is 1. The second-order valence-corrected chi connectivity index (χ2v) is 13.7. The summed E-state index contributed by atoms with van der Waals surface area (Å²) in [4.78, 5) is 49.5. The lowest BCUT2D eigenvalue weighted by Crippen LogP contribution is -2.35. The largest absolute Gasteiger partial charge is 0.341 e. The lowest BCUT2D eigenvalue weighted by atomic mass is 9.82.